The van der Waals surface area contributed by atoms with Gasteiger partial charge in [0, 0.05) is 24.5 Å². The van der Waals surface area contributed by atoms with E-state index in [0.717, 1.165) is 42.9 Å². The van der Waals surface area contributed by atoms with Gasteiger partial charge in [-0.2, -0.15) is 0 Å². The van der Waals surface area contributed by atoms with Crippen molar-refractivity contribution >= 4 is 22.7 Å². The van der Waals surface area contributed by atoms with Crippen molar-refractivity contribution in [3.05, 3.63) is 29.8 Å². The van der Waals surface area contributed by atoms with Crippen LogP contribution < -0.4 is 5.73 Å². The molecule has 4 heteroatoms. The normalized spacial score (nSPS) is 16.3. The summed E-state index contributed by atoms with van der Waals surface area (Å²) < 4.78 is 0. The molecular formula is C14H20N2OS. The van der Waals surface area contributed by atoms with Crippen LogP contribution in [0.4, 0.5) is 10.5 Å². The van der Waals surface area contributed by atoms with Crippen LogP contribution in [-0.4, -0.2) is 23.2 Å². The lowest BCUT2D eigenvalue weighted by Crippen LogP contribution is -2.28. The molecule has 2 rings (SSSR count). The first-order valence-corrected chi connectivity index (χ1v) is 7.50. The van der Waals surface area contributed by atoms with Gasteiger partial charge < -0.3 is 10.6 Å². The van der Waals surface area contributed by atoms with E-state index in [1.807, 2.05) is 29.2 Å². The highest BCUT2D eigenvalue weighted by molar-refractivity contribution is 8.12. The lowest BCUT2D eigenvalue weighted by Gasteiger charge is -2.19. The highest BCUT2D eigenvalue weighted by Crippen LogP contribution is 2.20. The largest absolute Gasteiger partial charge is 0.399 e. The van der Waals surface area contributed by atoms with Crippen LogP contribution >= 0.6 is 11.8 Å². The van der Waals surface area contributed by atoms with Gasteiger partial charge in [-0.1, -0.05) is 36.7 Å². The number of nitrogens with two attached hydrogens (primary N) is 1. The van der Waals surface area contributed by atoms with Gasteiger partial charge in [-0.25, -0.2) is 0 Å². The molecule has 0 aliphatic carbocycles. The van der Waals surface area contributed by atoms with Crippen molar-refractivity contribution in [3.8, 4) is 0 Å². The Bertz CT molecular complexity index is 383. The molecule has 2 N–H and O–H groups in total. The van der Waals surface area contributed by atoms with Crippen LogP contribution in [0, 0.1) is 0 Å². The molecule has 1 saturated heterocycles. The van der Waals surface area contributed by atoms with Gasteiger partial charge in [0.1, 0.15) is 0 Å². The Morgan fingerprint density at radius 1 is 1.11 bits per heavy atom. The average Bonchev–Trinajstić information content (AvgIpc) is 2.66. The standard InChI is InChI=1S/C14H20N2OS/c15-13-7-5-12(6-8-13)11-18-14(17)16-9-3-1-2-4-10-16/h5-8H,1-4,9-11,15H2. The highest BCUT2D eigenvalue weighted by Gasteiger charge is 2.15. The first kappa shape index (κ1) is 13.3. The summed E-state index contributed by atoms with van der Waals surface area (Å²) >= 11 is 1.40. The maximum atomic E-state index is 12.1. The van der Waals surface area contributed by atoms with Crippen molar-refractivity contribution in [2.24, 2.45) is 0 Å². The molecule has 1 aliphatic heterocycles. The predicted octanol–water partition coefficient (Wildman–Crippen LogP) is 3.50. The number of anilines is 1. The summed E-state index contributed by atoms with van der Waals surface area (Å²) in [5.74, 6) is 0.732. The van der Waals surface area contributed by atoms with Crippen molar-refractivity contribution in [1.29, 1.82) is 0 Å². The number of hydrogen-bond acceptors (Lipinski definition) is 3. The molecule has 98 valence electrons. The van der Waals surface area contributed by atoms with E-state index in [1.54, 1.807) is 0 Å². The second kappa shape index (κ2) is 6.69. The van der Waals surface area contributed by atoms with E-state index < -0.39 is 0 Å². The molecule has 0 spiro atoms. The number of carbonyl (C=O) groups excluding carboxylic acids is 1. The topological polar surface area (TPSA) is 46.3 Å². The molecule has 0 aromatic heterocycles. The van der Waals surface area contributed by atoms with Crippen LogP contribution in [-0.2, 0) is 5.75 Å². The molecule has 1 aliphatic rings. The summed E-state index contributed by atoms with van der Waals surface area (Å²) in [5.41, 5.74) is 7.55. The number of nitrogen functional groups attached to an aromatic ring is 1. The lowest BCUT2D eigenvalue weighted by atomic mass is 10.2. The van der Waals surface area contributed by atoms with E-state index in [9.17, 15) is 4.79 Å². The molecule has 0 bridgehead atoms. The molecule has 0 radical (unpaired) electrons. The van der Waals surface area contributed by atoms with E-state index in [0.29, 0.717) is 0 Å². The fourth-order valence-electron chi connectivity index (χ4n) is 2.10. The number of carbonyl (C=O) groups is 1. The van der Waals surface area contributed by atoms with Crippen molar-refractivity contribution in [2.45, 2.75) is 31.4 Å². The highest BCUT2D eigenvalue weighted by atomic mass is 32.2. The van der Waals surface area contributed by atoms with Gasteiger partial charge >= 0.3 is 0 Å². The molecule has 3 nitrogen and oxygen atoms in total. The monoisotopic (exact) mass is 264 g/mol. The minimum Gasteiger partial charge on any atom is -0.399 e. The van der Waals surface area contributed by atoms with Crippen LogP contribution in [0.5, 0.6) is 0 Å². The van der Waals surface area contributed by atoms with E-state index in [1.165, 1.54) is 24.6 Å². The van der Waals surface area contributed by atoms with E-state index in [-0.39, 0.29) is 5.24 Å². The molecule has 0 atom stereocenters. The number of nitrogens with zero attached hydrogens (tertiary/aromatic N) is 1. The zero-order valence-corrected chi connectivity index (χ0v) is 11.4. The van der Waals surface area contributed by atoms with Gasteiger partial charge in [0.15, 0.2) is 0 Å². The van der Waals surface area contributed by atoms with Crippen LogP contribution in [0.3, 0.4) is 0 Å². The second-order valence-corrected chi connectivity index (χ2v) is 5.62. The van der Waals surface area contributed by atoms with Crippen LogP contribution in [0.1, 0.15) is 31.2 Å². The Labute approximate surface area is 113 Å². The molecule has 1 aromatic carbocycles. The van der Waals surface area contributed by atoms with Crippen molar-refractivity contribution in [3.63, 3.8) is 0 Å². The zero-order chi connectivity index (χ0) is 12.8. The molecular weight excluding hydrogens is 244 g/mol. The first-order chi connectivity index (χ1) is 8.75. The molecule has 0 unspecified atom stereocenters. The number of rotatable bonds is 2. The number of thioether (sulfide) groups is 1. The van der Waals surface area contributed by atoms with Gasteiger partial charge in [0.2, 0.25) is 0 Å². The maximum Gasteiger partial charge on any atom is 0.281 e. The van der Waals surface area contributed by atoms with Gasteiger partial charge in [-0.3, -0.25) is 4.79 Å². The third-order valence-corrected chi connectivity index (χ3v) is 4.19. The first-order valence-electron chi connectivity index (χ1n) is 6.52. The zero-order valence-electron chi connectivity index (χ0n) is 10.6. The number of likely N-dealkylation sites (tertiary alicyclic amines) is 1. The summed E-state index contributed by atoms with van der Waals surface area (Å²) in [4.78, 5) is 14.1. The quantitative estimate of drug-likeness (QED) is 0.832. The van der Waals surface area contributed by atoms with Crippen LogP contribution in [0.25, 0.3) is 0 Å². The van der Waals surface area contributed by atoms with Crippen molar-refractivity contribution in [2.75, 3.05) is 18.8 Å². The molecule has 18 heavy (non-hydrogen) atoms. The van der Waals surface area contributed by atoms with Gasteiger partial charge in [-0.05, 0) is 30.5 Å². The summed E-state index contributed by atoms with van der Waals surface area (Å²) in [6, 6.07) is 7.73. The third kappa shape index (κ3) is 3.95. The summed E-state index contributed by atoms with van der Waals surface area (Å²) in [6.07, 6.45) is 4.81. The average molecular weight is 264 g/mol. The molecule has 1 fully saturated rings. The van der Waals surface area contributed by atoms with E-state index >= 15 is 0 Å². The third-order valence-electron chi connectivity index (χ3n) is 3.21. The Morgan fingerprint density at radius 2 is 1.72 bits per heavy atom. The Kier molecular flexibility index (Phi) is 4.93. The smallest absolute Gasteiger partial charge is 0.281 e. The minimum absolute atomic E-state index is 0.216. The van der Waals surface area contributed by atoms with Crippen molar-refractivity contribution in [1.82, 2.24) is 4.90 Å². The summed E-state index contributed by atoms with van der Waals surface area (Å²) in [5, 5.41) is 0.216. The number of hydrogen-bond donors (Lipinski definition) is 1. The Hall–Kier alpha value is -1.16. The predicted molar refractivity (Wildman–Crippen MR) is 77.6 cm³/mol. The Morgan fingerprint density at radius 3 is 2.33 bits per heavy atom. The fourth-order valence-corrected chi connectivity index (χ4v) is 2.95. The summed E-state index contributed by atoms with van der Waals surface area (Å²) in [6.45, 7) is 1.85. The van der Waals surface area contributed by atoms with Gasteiger partial charge in [0.05, 0.1) is 0 Å². The second-order valence-electron chi connectivity index (χ2n) is 4.70. The Balaban J connectivity index is 1.81. The van der Waals surface area contributed by atoms with Gasteiger partial charge in [-0.15, -0.1) is 0 Å². The van der Waals surface area contributed by atoms with Crippen molar-refractivity contribution < 1.29 is 4.79 Å². The van der Waals surface area contributed by atoms with Crippen LogP contribution in [0.15, 0.2) is 24.3 Å². The van der Waals surface area contributed by atoms with E-state index in [4.69, 9.17) is 5.73 Å². The SMILES string of the molecule is Nc1ccc(CSC(=O)N2CCCCCC2)cc1. The molecule has 1 amide bonds. The molecule has 0 saturated carbocycles. The van der Waals surface area contributed by atoms with E-state index in [2.05, 4.69) is 0 Å². The lowest BCUT2D eigenvalue weighted by molar-refractivity contribution is 0.225. The summed E-state index contributed by atoms with van der Waals surface area (Å²) in [7, 11) is 0. The fraction of sp³-hybridized carbons (Fsp3) is 0.500. The van der Waals surface area contributed by atoms with Crippen LogP contribution in [0.2, 0.25) is 0 Å². The minimum atomic E-state index is 0.216. The van der Waals surface area contributed by atoms with Gasteiger partial charge in [0.25, 0.3) is 5.24 Å². The molecule has 1 aromatic rings. The molecule has 1 heterocycles. The number of amides is 1. The number of benzene rings is 1. The maximum absolute atomic E-state index is 12.1.